The molecule has 3 aromatic rings. The molecular formula is C18H19Cl2N3. The van der Waals surface area contributed by atoms with Crippen molar-refractivity contribution in [2.75, 3.05) is 5.32 Å². The second-order valence-corrected chi connectivity index (χ2v) is 6.45. The van der Waals surface area contributed by atoms with Gasteiger partial charge in [-0.2, -0.15) is 0 Å². The van der Waals surface area contributed by atoms with E-state index in [9.17, 15) is 0 Å². The van der Waals surface area contributed by atoms with Crippen molar-refractivity contribution in [2.45, 2.75) is 33.2 Å². The maximum absolute atomic E-state index is 6.26. The molecule has 0 radical (unpaired) electrons. The van der Waals surface area contributed by atoms with Gasteiger partial charge in [-0.1, -0.05) is 42.6 Å². The Kier molecular flexibility index (Phi) is 4.79. The van der Waals surface area contributed by atoms with Gasteiger partial charge in [-0.05, 0) is 37.1 Å². The van der Waals surface area contributed by atoms with E-state index in [1.165, 1.54) is 11.9 Å². The molecule has 0 amide bonds. The molecule has 0 aliphatic carbocycles. The van der Waals surface area contributed by atoms with Crippen LogP contribution in [0.3, 0.4) is 0 Å². The average Bonchev–Trinajstić information content (AvgIpc) is 2.96. The fourth-order valence-corrected chi connectivity index (χ4v) is 3.24. The first-order valence-corrected chi connectivity index (χ1v) is 8.53. The van der Waals surface area contributed by atoms with Crippen LogP contribution in [0.4, 0.5) is 11.5 Å². The number of nitrogens with zero attached hydrogens (tertiary/aromatic N) is 2. The zero-order valence-corrected chi connectivity index (χ0v) is 14.7. The van der Waals surface area contributed by atoms with Gasteiger partial charge < -0.3 is 9.88 Å². The summed E-state index contributed by atoms with van der Waals surface area (Å²) in [6, 6.07) is 7.55. The lowest BCUT2D eigenvalue weighted by molar-refractivity contribution is 0.649. The third kappa shape index (κ3) is 3.17. The van der Waals surface area contributed by atoms with Gasteiger partial charge in [-0.3, -0.25) is 0 Å². The third-order valence-corrected chi connectivity index (χ3v) is 4.57. The average molecular weight is 348 g/mol. The van der Waals surface area contributed by atoms with Crippen LogP contribution in [0.5, 0.6) is 0 Å². The number of anilines is 2. The normalized spacial score (nSPS) is 11.1. The Morgan fingerprint density at radius 3 is 2.61 bits per heavy atom. The monoisotopic (exact) mass is 347 g/mol. The minimum atomic E-state index is 0.582. The van der Waals surface area contributed by atoms with Crippen LogP contribution < -0.4 is 5.32 Å². The molecule has 0 aliphatic rings. The molecule has 3 nitrogen and oxygen atoms in total. The van der Waals surface area contributed by atoms with Crippen molar-refractivity contribution in [3.8, 4) is 0 Å². The standard InChI is InChI=1S/C18H19Cl2N3/c1-3-4-9-23-10-8-13-17(23)12(2)11-21-18(13)22-16-14(19)6-5-7-15(16)20/h5-8,10-11H,3-4,9H2,1-2H3,(H,21,22). The van der Waals surface area contributed by atoms with Crippen molar-refractivity contribution in [1.82, 2.24) is 9.55 Å². The lowest BCUT2D eigenvalue weighted by Crippen LogP contribution is -2.00. The van der Waals surface area contributed by atoms with Crippen LogP contribution in [0, 0.1) is 6.92 Å². The maximum atomic E-state index is 6.26. The number of halogens is 2. The Bertz CT molecular complexity index is 819. The number of fused-ring (bicyclic) bond motifs is 1. The second-order valence-electron chi connectivity index (χ2n) is 5.64. The fourth-order valence-electron chi connectivity index (χ4n) is 2.74. The first-order valence-electron chi connectivity index (χ1n) is 7.77. The van der Waals surface area contributed by atoms with Crippen molar-refractivity contribution < 1.29 is 0 Å². The third-order valence-electron chi connectivity index (χ3n) is 3.94. The number of hydrogen-bond donors (Lipinski definition) is 1. The molecule has 0 fully saturated rings. The summed E-state index contributed by atoms with van der Waals surface area (Å²) in [4.78, 5) is 4.54. The Morgan fingerprint density at radius 1 is 1.17 bits per heavy atom. The molecule has 0 saturated carbocycles. The molecular weight excluding hydrogens is 329 g/mol. The van der Waals surface area contributed by atoms with E-state index in [2.05, 4.69) is 41.0 Å². The first-order chi connectivity index (χ1) is 11.1. The van der Waals surface area contributed by atoms with Gasteiger partial charge in [0.15, 0.2) is 0 Å². The van der Waals surface area contributed by atoms with Gasteiger partial charge in [-0.25, -0.2) is 4.98 Å². The van der Waals surface area contributed by atoms with Crippen LogP contribution in [-0.4, -0.2) is 9.55 Å². The van der Waals surface area contributed by atoms with Gasteiger partial charge in [0.2, 0.25) is 0 Å². The molecule has 0 unspecified atom stereocenters. The quantitative estimate of drug-likeness (QED) is 0.595. The number of para-hydroxylation sites is 1. The van der Waals surface area contributed by atoms with Crippen molar-refractivity contribution in [3.63, 3.8) is 0 Å². The van der Waals surface area contributed by atoms with Crippen molar-refractivity contribution in [3.05, 3.63) is 52.3 Å². The minimum absolute atomic E-state index is 0.582. The highest BCUT2D eigenvalue weighted by Crippen LogP contribution is 2.35. The molecule has 23 heavy (non-hydrogen) atoms. The predicted octanol–water partition coefficient (Wildman–Crippen LogP) is 6.20. The van der Waals surface area contributed by atoms with E-state index in [0.29, 0.717) is 15.7 Å². The number of rotatable bonds is 5. The van der Waals surface area contributed by atoms with Gasteiger partial charge in [0.25, 0.3) is 0 Å². The molecule has 120 valence electrons. The number of pyridine rings is 1. The molecule has 0 spiro atoms. The van der Waals surface area contributed by atoms with E-state index < -0.39 is 0 Å². The van der Waals surface area contributed by atoms with Crippen molar-refractivity contribution in [1.29, 1.82) is 0 Å². The Labute approximate surface area is 146 Å². The topological polar surface area (TPSA) is 29.9 Å². The van der Waals surface area contributed by atoms with Crippen LogP contribution in [0.25, 0.3) is 10.9 Å². The number of benzene rings is 1. The van der Waals surface area contributed by atoms with Gasteiger partial charge >= 0.3 is 0 Å². The van der Waals surface area contributed by atoms with E-state index >= 15 is 0 Å². The molecule has 0 bridgehead atoms. The molecule has 0 atom stereocenters. The van der Waals surface area contributed by atoms with Crippen LogP contribution in [0.2, 0.25) is 10.0 Å². The summed E-state index contributed by atoms with van der Waals surface area (Å²) < 4.78 is 2.29. The highest BCUT2D eigenvalue weighted by molar-refractivity contribution is 6.39. The lowest BCUT2D eigenvalue weighted by atomic mass is 10.2. The van der Waals surface area contributed by atoms with Crippen molar-refractivity contribution in [2.24, 2.45) is 0 Å². The lowest BCUT2D eigenvalue weighted by Gasteiger charge is -2.12. The summed E-state index contributed by atoms with van der Waals surface area (Å²) in [6.45, 7) is 5.30. The summed E-state index contributed by atoms with van der Waals surface area (Å²) in [6.07, 6.45) is 6.33. The maximum Gasteiger partial charge on any atom is 0.139 e. The molecule has 1 aromatic carbocycles. The van der Waals surface area contributed by atoms with Gasteiger partial charge in [0, 0.05) is 24.3 Å². The number of aryl methyl sites for hydroxylation is 2. The van der Waals surface area contributed by atoms with Crippen LogP contribution >= 0.6 is 23.2 Å². The number of aromatic nitrogens is 2. The zero-order chi connectivity index (χ0) is 16.4. The highest BCUT2D eigenvalue weighted by Gasteiger charge is 2.12. The molecule has 1 N–H and O–H groups in total. The van der Waals surface area contributed by atoms with Gasteiger partial charge in [0.1, 0.15) is 5.82 Å². The Balaban J connectivity index is 2.05. The number of unbranched alkanes of at least 4 members (excludes halogenated alkanes) is 1. The Morgan fingerprint density at radius 2 is 1.91 bits per heavy atom. The molecule has 2 heterocycles. The summed E-state index contributed by atoms with van der Waals surface area (Å²) in [5, 5.41) is 5.54. The Hall–Kier alpha value is -1.71. The van der Waals surface area contributed by atoms with Crippen LogP contribution in [0.1, 0.15) is 25.3 Å². The van der Waals surface area contributed by atoms with Gasteiger partial charge in [0.05, 0.1) is 21.2 Å². The molecule has 3 rings (SSSR count). The highest BCUT2D eigenvalue weighted by atomic mass is 35.5. The zero-order valence-electron chi connectivity index (χ0n) is 13.2. The fraction of sp³-hybridized carbons (Fsp3) is 0.278. The van der Waals surface area contributed by atoms with E-state index in [4.69, 9.17) is 23.2 Å². The summed E-state index contributed by atoms with van der Waals surface area (Å²) >= 11 is 12.5. The SMILES string of the molecule is CCCCn1ccc2c(Nc3c(Cl)cccc3Cl)ncc(C)c21. The van der Waals surface area contributed by atoms with Crippen molar-refractivity contribution >= 4 is 45.6 Å². The largest absolute Gasteiger partial charge is 0.347 e. The van der Waals surface area contributed by atoms with E-state index in [1.807, 2.05) is 24.4 Å². The molecule has 0 saturated heterocycles. The smallest absolute Gasteiger partial charge is 0.139 e. The first kappa shape index (κ1) is 16.2. The van der Waals surface area contributed by atoms with Gasteiger partial charge in [-0.15, -0.1) is 0 Å². The molecule has 0 aliphatic heterocycles. The summed E-state index contributed by atoms with van der Waals surface area (Å²) in [5.74, 6) is 0.774. The van der Waals surface area contributed by atoms with Crippen LogP contribution in [0.15, 0.2) is 36.7 Å². The minimum Gasteiger partial charge on any atom is -0.347 e. The van der Waals surface area contributed by atoms with Crippen LogP contribution in [-0.2, 0) is 6.54 Å². The summed E-state index contributed by atoms with van der Waals surface area (Å²) in [5.41, 5.74) is 3.06. The molecule has 5 heteroatoms. The number of nitrogens with one attached hydrogen (secondary N) is 1. The van der Waals surface area contributed by atoms with E-state index in [1.54, 1.807) is 0 Å². The predicted molar refractivity (Wildman–Crippen MR) is 99.1 cm³/mol. The summed E-state index contributed by atoms with van der Waals surface area (Å²) in [7, 11) is 0. The van der Waals surface area contributed by atoms with E-state index in [-0.39, 0.29) is 0 Å². The molecule has 2 aromatic heterocycles. The second kappa shape index (κ2) is 6.81. The van der Waals surface area contributed by atoms with E-state index in [0.717, 1.165) is 29.7 Å². The number of hydrogen-bond acceptors (Lipinski definition) is 2.